The lowest BCUT2D eigenvalue weighted by Crippen LogP contribution is -2.28. The number of fused-ring (bicyclic) bond motifs is 1. The maximum Gasteiger partial charge on any atom is 0.339 e. The highest BCUT2D eigenvalue weighted by Crippen LogP contribution is 2.51. The minimum absolute atomic E-state index is 0.123. The van der Waals surface area contributed by atoms with Gasteiger partial charge in [0.15, 0.2) is 0 Å². The van der Waals surface area contributed by atoms with E-state index >= 15 is 0 Å². The summed E-state index contributed by atoms with van der Waals surface area (Å²) in [6.07, 6.45) is 3.40. The van der Waals surface area contributed by atoms with Gasteiger partial charge in [-0.1, -0.05) is 12.1 Å². The van der Waals surface area contributed by atoms with Gasteiger partial charge in [-0.25, -0.2) is 4.79 Å². The highest BCUT2D eigenvalue weighted by atomic mass is 16.5. The molecule has 0 unspecified atom stereocenters. The number of methoxy groups -OCH3 is 2. The zero-order valence-corrected chi connectivity index (χ0v) is 15.2. The van der Waals surface area contributed by atoms with Crippen molar-refractivity contribution in [1.82, 2.24) is 4.98 Å². The summed E-state index contributed by atoms with van der Waals surface area (Å²) < 4.78 is 10.1. The van der Waals surface area contributed by atoms with Crippen molar-refractivity contribution in [2.45, 2.75) is 18.3 Å². The number of H-pyrrole nitrogens is 1. The molecule has 0 radical (unpaired) electrons. The second-order valence-corrected chi connectivity index (χ2v) is 6.69. The molecule has 27 heavy (non-hydrogen) atoms. The summed E-state index contributed by atoms with van der Waals surface area (Å²) in [7, 11) is 2.94. The SMILES string of the molecule is COC(=O)c1ccccc1NC(=O)C1(c2c[nH]c3ccc(OC)cc23)CC1. The number of aromatic amines is 1. The van der Waals surface area contributed by atoms with Crippen molar-refractivity contribution < 1.29 is 19.1 Å². The van der Waals surface area contributed by atoms with Gasteiger partial charge in [0.05, 0.1) is 30.9 Å². The van der Waals surface area contributed by atoms with Crippen LogP contribution in [0.2, 0.25) is 0 Å². The molecule has 1 amide bonds. The van der Waals surface area contributed by atoms with E-state index in [1.165, 1.54) is 7.11 Å². The molecule has 6 heteroatoms. The zero-order chi connectivity index (χ0) is 19.0. The maximum absolute atomic E-state index is 13.1. The first-order valence-corrected chi connectivity index (χ1v) is 8.73. The van der Waals surface area contributed by atoms with E-state index in [-0.39, 0.29) is 5.91 Å². The molecule has 1 heterocycles. The van der Waals surface area contributed by atoms with Gasteiger partial charge in [0.1, 0.15) is 5.75 Å². The Balaban J connectivity index is 1.68. The second-order valence-electron chi connectivity index (χ2n) is 6.69. The van der Waals surface area contributed by atoms with Gasteiger partial charge in [0.2, 0.25) is 5.91 Å². The predicted molar refractivity (Wildman–Crippen MR) is 102 cm³/mol. The average Bonchev–Trinajstić information content (AvgIpc) is 3.40. The van der Waals surface area contributed by atoms with Crippen molar-refractivity contribution in [3.63, 3.8) is 0 Å². The minimum Gasteiger partial charge on any atom is -0.497 e. The van der Waals surface area contributed by atoms with E-state index in [1.807, 2.05) is 24.4 Å². The Morgan fingerprint density at radius 1 is 1.11 bits per heavy atom. The van der Waals surface area contributed by atoms with Gasteiger partial charge in [0, 0.05) is 17.1 Å². The smallest absolute Gasteiger partial charge is 0.339 e. The number of rotatable bonds is 5. The lowest BCUT2D eigenvalue weighted by Gasteiger charge is -2.16. The summed E-state index contributed by atoms with van der Waals surface area (Å²) >= 11 is 0. The molecule has 1 fully saturated rings. The molecule has 138 valence electrons. The van der Waals surface area contributed by atoms with Crippen LogP contribution in [0.15, 0.2) is 48.7 Å². The molecule has 3 aromatic rings. The fraction of sp³-hybridized carbons (Fsp3) is 0.238. The number of para-hydroxylation sites is 1. The number of esters is 1. The molecule has 0 aliphatic heterocycles. The molecular weight excluding hydrogens is 344 g/mol. The molecule has 1 aliphatic carbocycles. The van der Waals surface area contributed by atoms with Crippen LogP contribution in [0.25, 0.3) is 10.9 Å². The Morgan fingerprint density at radius 3 is 2.59 bits per heavy atom. The molecule has 0 spiro atoms. The van der Waals surface area contributed by atoms with Crippen molar-refractivity contribution in [2.24, 2.45) is 0 Å². The number of hydrogen-bond acceptors (Lipinski definition) is 4. The van der Waals surface area contributed by atoms with E-state index in [2.05, 4.69) is 10.3 Å². The first-order chi connectivity index (χ1) is 13.1. The highest BCUT2D eigenvalue weighted by Gasteiger charge is 2.52. The predicted octanol–water partition coefficient (Wildman–Crippen LogP) is 3.63. The van der Waals surface area contributed by atoms with Crippen LogP contribution in [0.5, 0.6) is 5.75 Å². The normalized spacial score (nSPS) is 14.6. The van der Waals surface area contributed by atoms with Gasteiger partial charge in [-0.05, 0) is 48.7 Å². The largest absolute Gasteiger partial charge is 0.497 e. The minimum atomic E-state index is -0.603. The molecule has 4 rings (SSSR count). The molecule has 2 aromatic carbocycles. The molecule has 1 aromatic heterocycles. The third-order valence-corrected chi connectivity index (χ3v) is 5.17. The Hall–Kier alpha value is -3.28. The molecule has 1 saturated carbocycles. The van der Waals surface area contributed by atoms with Crippen LogP contribution in [0.4, 0.5) is 5.69 Å². The Bertz CT molecular complexity index is 1030. The summed E-state index contributed by atoms with van der Waals surface area (Å²) in [6.45, 7) is 0. The fourth-order valence-electron chi connectivity index (χ4n) is 3.49. The van der Waals surface area contributed by atoms with Crippen LogP contribution in [0, 0.1) is 0 Å². The summed E-state index contributed by atoms with van der Waals surface area (Å²) in [6, 6.07) is 12.6. The van der Waals surface area contributed by atoms with E-state index < -0.39 is 11.4 Å². The fourth-order valence-corrected chi connectivity index (χ4v) is 3.49. The van der Waals surface area contributed by atoms with Gasteiger partial charge in [-0.2, -0.15) is 0 Å². The number of ether oxygens (including phenoxy) is 2. The number of aromatic nitrogens is 1. The Labute approximate surface area is 156 Å². The molecule has 1 aliphatic rings. The number of amides is 1. The van der Waals surface area contributed by atoms with Crippen LogP contribution < -0.4 is 10.1 Å². The van der Waals surface area contributed by atoms with Gasteiger partial charge < -0.3 is 19.8 Å². The summed E-state index contributed by atoms with van der Waals surface area (Å²) in [4.78, 5) is 28.3. The maximum atomic E-state index is 13.1. The summed E-state index contributed by atoms with van der Waals surface area (Å²) in [5.74, 6) is 0.144. The van der Waals surface area contributed by atoms with E-state index in [9.17, 15) is 9.59 Å². The van der Waals surface area contributed by atoms with Crippen molar-refractivity contribution in [3.8, 4) is 5.75 Å². The van der Waals surface area contributed by atoms with E-state index in [1.54, 1.807) is 31.4 Å². The van der Waals surface area contributed by atoms with E-state index in [0.717, 1.165) is 35.1 Å². The highest BCUT2D eigenvalue weighted by molar-refractivity contribution is 6.07. The average molecular weight is 364 g/mol. The van der Waals surface area contributed by atoms with Crippen molar-refractivity contribution in [2.75, 3.05) is 19.5 Å². The molecule has 0 bridgehead atoms. The molecule has 0 atom stereocenters. The van der Waals surface area contributed by atoms with Crippen LogP contribution in [-0.4, -0.2) is 31.1 Å². The number of carbonyl (C=O) groups is 2. The first-order valence-electron chi connectivity index (χ1n) is 8.73. The summed E-state index contributed by atoms with van der Waals surface area (Å²) in [5, 5.41) is 3.90. The lowest BCUT2D eigenvalue weighted by molar-refractivity contribution is -0.118. The molecular formula is C21H20N2O4. The quantitative estimate of drug-likeness (QED) is 0.678. The van der Waals surface area contributed by atoms with E-state index in [4.69, 9.17) is 9.47 Å². The third-order valence-electron chi connectivity index (χ3n) is 5.17. The van der Waals surface area contributed by atoms with Crippen LogP contribution in [0.1, 0.15) is 28.8 Å². The van der Waals surface area contributed by atoms with Gasteiger partial charge in [-0.15, -0.1) is 0 Å². The lowest BCUT2D eigenvalue weighted by atomic mass is 9.94. The van der Waals surface area contributed by atoms with Crippen LogP contribution in [-0.2, 0) is 14.9 Å². The van der Waals surface area contributed by atoms with E-state index in [0.29, 0.717) is 11.3 Å². The second kappa shape index (κ2) is 6.46. The number of carbonyl (C=O) groups excluding carboxylic acids is 2. The zero-order valence-electron chi connectivity index (χ0n) is 15.2. The standard InChI is InChI=1S/C21H20N2O4/c1-26-13-7-8-17-15(11-13)16(12-22-17)21(9-10-21)20(25)23-18-6-4-3-5-14(18)19(24)27-2/h3-8,11-12,22H,9-10H2,1-2H3,(H,23,25). The van der Waals surface area contributed by atoms with Crippen molar-refractivity contribution in [1.29, 1.82) is 0 Å². The van der Waals surface area contributed by atoms with Gasteiger partial charge in [-0.3, -0.25) is 4.79 Å². The molecule has 0 saturated heterocycles. The van der Waals surface area contributed by atoms with Gasteiger partial charge >= 0.3 is 5.97 Å². The Kier molecular flexibility index (Phi) is 4.11. The number of benzene rings is 2. The Morgan fingerprint density at radius 2 is 1.89 bits per heavy atom. The summed E-state index contributed by atoms with van der Waals surface area (Å²) in [5.41, 5.74) is 2.10. The number of nitrogens with one attached hydrogen (secondary N) is 2. The van der Waals surface area contributed by atoms with Gasteiger partial charge in [0.25, 0.3) is 0 Å². The number of anilines is 1. The van der Waals surface area contributed by atoms with Crippen molar-refractivity contribution >= 4 is 28.5 Å². The van der Waals surface area contributed by atoms with Crippen LogP contribution in [0.3, 0.4) is 0 Å². The van der Waals surface area contributed by atoms with Crippen molar-refractivity contribution in [3.05, 3.63) is 59.8 Å². The third kappa shape index (κ3) is 2.83. The molecule has 2 N–H and O–H groups in total. The monoisotopic (exact) mass is 364 g/mol. The first kappa shape index (κ1) is 17.1. The number of hydrogen-bond donors (Lipinski definition) is 2. The van der Waals surface area contributed by atoms with Crippen LogP contribution >= 0.6 is 0 Å². The topological polar surface area (TPSA) is 80.4 Å². The molecule has 6 nitrogen and oxygen atoms in total.